The van der Waals surface area contributed by atoms with Crippen LogP contribution in [0.5, 0.6) is 17.2 Å². The third kappa shape index (κ3) is 3.77. The van der Waals surface area contributed by atoms with Gasteiger partial charge in [0, 0.05) is 18.6 Å². The third-order valence-corrected chi connectivity index (χ3v) is 4.22. The molecule has 136 valence electrons. The topological polar surface area (TPSA) is 76.7 Å². The molecule has 6 nitrogen and oxygen atoms in total. The molecular formula is C19H19FN2O4. The number of anilines is 1. The van der Waals surface area contributed by atoms with Gasteiger partial charge in [-0.05, 0) is 37.6 Å². The summed E-state index contributed by atoms with van der Waals surface area (Å²) in [7, 11) is 1.48. The van der Waals surface area contributed by atoms with Gasteiger partial charge in [-0.15, -0.1) is 0 Å². The Bertz CT molecular complexity index is 855. The molecule has 1 saturated heterocycles. The summed E-state index contributed by atoms with van der Waals surface area (Å²) in [4.78, 5) is 24.0. The number of ether oxygens (including phenoxy) is 2. The van der Waals surface area contributed by atoms with Crippen molar-refractivity contribution in [3.63, 3.8) is 0 Å². The van der Waals surface area contributed by atoms with Gasteiger partial charge in [-0.3, -0.25) is 9.59 Å². The smallest absolute Gasteiger partial charge is 0.249 e. The number of nitrogens with one attached hydrogen (secondary N) is 2. The molecule has 2 aromatic rings. The van der Waals surface area contributed by atoms with Gasteiger partial charge in [-0.2, -0.15) is 0 Å². The minimum absolute atomic E-state index is 0.155. The number of rotatable bonds is 5. The molecule has 2 aromatic carbocycles. The lowest BCUT2D eigenvalue weighted by Gasteiger charge is -2.23. The zero-order chi connectivity index (χ0) is 18.7. The second-order valence-electron chi connectivity index (χ2n) is 6.26. The van der Waals surface area contributed by atoms with Crippen LogP contribution in [0.2, 0.25) is 0 Å². The lowest BCUT2D eigenvalue weighted by atomic mass is 9.99. The molecule has 0 aromatic heterocycles. The fourth-order valence-electron chi connectivity index (χ4n) is 2.74. The first-order chi connectivity index (χ1) is 12.4. The van der Waals surface area contributed by atoms with Gasteiger partial charge in [-0.1, -0.05) is 6.07 Å². The maximum atomic E-state index is 13.3. The first-order valence-corrected chi connectivity index (χ1v) is 8.13. The Balaban J connectivity index is 1.81. The maximum absolute atomic E-state index is 13.3. The molecule has 1 heterocycles. The number of hydrogen-bond acceptors (Lipinski definition) is 4. The number of halogens is 1. The van der Waals surface area contributed by atoms with Crippen LogP contribution in [0.15, 0.2) is 42.5 Å². The van der Waals surface area contributed by atoms with Gasteiger partial charge in [0.05, 0.1) is 12.8 Å². The van der Waals surface area contributed by atoms with Crippen LogP contribution in [0.3, 0.4) is 0 Å². The lowest BCUT2D eigenvalue weighted by molar-refractivity contribution is -0.125. The van der Waals surface area contributed by atoms with Gasteiger partial charge in [0.25, 0.3) is 0 Å². The van der Waals surface area contributed by atoms with Crippen molar-refractivity contribution in [2.24, 2.45) is 0 Å². The first-order valence-electron chi connectivity index (χ1n) is 8.13. The van der Waals surface area contributed by atoms with Gasteiger partial charge in [0.1, 0.15) is 28.6 Å². The molecule has 1 aliphatic heterocycles. The van der Waals surface area contributed by atoms with E-state index in [0.29, 0.717) is 35.8 Å². The average Bonchev–Trinajstić information content (AvgIpc) is 2.95. The normalized spacial score (nSPS) is 19.0. The molecule has 1 atom stereocenters. The van der Waals surface area contributed by atoms with E-state index in [4.69, 9.17) is 9.47 Å². The Morgan fingerprint density at radius 3 is 2.65 bits per heavy atom. The van der Waals surface area contributed by atoms with Crippen molar-refractivity contribution in [2.75, 3.05) is 12.4 Å². The first kappa shape index (κ1) is 17.7. The Labute approximate surface area is 150 Å². The van der Waals surface area contributed by atoms with Crippen molar-refractivity contribution < 1.29 is 23.5 Å². The summed E-state index contributed by atoms with van der Waals surface area (Å²) in [6.07, 6.45) is 0.725. The summed E-state index contributed by atoms with van der Waals surface area (Å²) in [5, 5.41) is 5.45. The van der Waals surface area contributed by atoms with E-state index in [2.05, 4.69) is 10.6 Å². The molecule has 0 bridgehead atoms. The summed E-state index contributed by atoms with van der Waals surface area (Å²) in [6, 6.07) is 10.6. The van der Waals surface area contributed by atoms with Gasteiger partial charge in [-0.25, -0.2) is 4.39 Å². The highest BCUT2D eigenvalue weighted by molar-refractivity contribution is 6.03. The monoisotopic (exact) mass is 358 g/mol. The van der Waals surface area contributed by atoms with Gasteiger partial charge in [0.2, 0.25) is 11.8 Å². The van der Waals surface area contributed by atoms with E-state index in [9.17, 15) is 14.0 Å². The highest BCUT2D eigenvalue weighted by Gasteiger charge is 2.40. The largest absolute Gasteiger partial charge is 0.495 e. The standard InChI is InChI=1S/C19H19FN2O4/c1-19(9-8-17(23)22-19)18(24)21-15-11-14(6-7-16(15)25-2)26-13-5-3-4-12(20)10-13/h3-7,10-11H,8-9H2,1-2H3,(H,21,24)(H,22,23). The predicted molar refractivity (Wildman–Crippen MR) is 93.9 cm³/mol. The molecule has 0 saturated carbocycles. The van der Waals surface area contributed by atoms with Crippen molar-refractivity contribution in [3.8, 4) is 17.2 Å². The summed E-state index contributed by atoms with van der Waals surface area (Å²) >= 11 is 0. The number of carbonyl (C=O) groups is 2. The van der Waals surface area contributed by atoms with Crippen LogP contribution in [0.25, 0.3) is 0 Å². The number of benzene rings is 2. The Morgan fingerprint density at radius 1 is 1.23 bits per heavy atom. The molecule has 3 rings (SSSR count). The van der Waals surface area contributed by atoms with Crippen molar-refractivity contribution in [3.05, 3.63) is 48.3 Å². The molecule has 1 fully saturated rings. The van der Waals surface area contributed by atoms with Crippen LogP contribution < -0.4 is 20.1 Å². The van der Waals surface area contributed by atoms with Crippen LogP contribution in [0, 0.1) is 5.82 Å². The van der Waals surface area contributed by atoms with Crippen LogP contribution >= 0.6 is 0 Å². The number of methoxy groups -OCH3 is 1. The molecule has 26 heavy (non-hydrogen) atoms. The van der Waals surface area contributed by atoms with Crippen molar-refractivity contribution in [1.82, 2.24) is 5.32 Å². The van der Waals surface area contributed by atoms with Crippen LogP contribution in [0.4, 0.5) is 10.1 Å². The minimum atomic E-state index is -0.971. The van der Waals surface area contributed by atoms with Crippen LogP contribution in [0.1, 0.15) is 19.8 Å². The van der Waals surface area contributed by atoms with E-state index in [1.807, 2.05) is 0 Å². The Hall–Kier alpha value is -3.09. The molecule has 0 aliphatic carbocycles. The van der Waals surface area contributed by atoms with E-state index >= 15 is 0 Å². The third-order valence-electron chi connectivity index (χ3n) is 4.22. The van der Waals surface area contributed by atoms with E-state index < -0.39 is 11.4 Å². The van der Waals surface area contributed by atoms with E-state index in [-0.39, 0.29) is 11.8 Å². The van der Waals surface area contributed by atoms with E-state index in [1.165, 1.54) is 19.2 Å². The molecular weight excluding hydrogens is 339 g/mol. The molecule has 2 amide bonds. The second kappa shape index (κ2) is 7.03. The Kier molecular flexibility index (Phi) is 4.79. The fourth-order valence-corrected chi connectivity index (χ4v) is 2.74. The molecule has 1 unspecified atom stereocenters. The predicted octanol–water partition coefficient (Wildman–Crippen LogP) is 3.23. The summed E-state index contributed by atoms with van der Waals surface area (Å²) in [5.74, 6) is 0.282. The fraction of sp³-hybridized carbons (Fsp3) is 0.263. The molecule has 0 radical (unpaired) electrons. The maximum Gasteiger partial charge on any atom is 0.249 e. The summed E-state index contributed by atoms with van der Waals surface area (Å²) in [6.45, 7) is 1.67. The summed E-state index contributed by atoms with van der Waals surface area (Å²) < 4.78 is 24.2. The SMILES string of the molecule is COc1ccc(Oc2cccc(F)c2)cc1NC(=O)C1(C)CCC(=O)N1. The molecule has 0 spiro atoms. The van der Waals surface area contributed by atoms with Crippen molar-refractivity contribution in [2.45, 2.75) is 25.3 Å². The van der Waals surface area contributed by atoms with E-state index in [1.54, 1.807) is 37.3 Å². The second-order valence-corrected chi connectivity index (χ2v) is 6.26. The highest BCUT2D eigenvalue weighted by atomic mass is 19.1. The highest BCUT2D eigenvalue weighted by Crippen LogP contribution is 2.33. The van der Waals surface area contributed by atoms with E-state index in [0.717, 1.165) is 0 Å². The van der Waals surface area contributed by atoms with Gasteiger partial charge < -0.3 is 20.1 Å². The van der Waals surface area contributed by atoms with Crippen molar-refractivity contribution >= 4 is 17.5 Å². The zero-order valence-electron chi connectivity index (χ0n) is 14.5. The Morgan fingerprint density at radius 2 is 2.00 bits per heavy atom. The zero-order valence-corrected chi connectivity index (χ0v) is 14.5. The van der Waals surface area contributed by atoms with Gasteiger partial charge >= 0.3 is 0 Å². The molecule has 7 heteroatoms. The van der Waals surface area contributed by atoms with Crippen molar-refractivity contribution in [1.29, 1.82) is 0 Å². The number of carbonyl (C=O) groups excluding carboxylic acids is 2. The molecule has 2 N–H and O–H groups in total. The van der Waals surface area contributed by atoms with Gasteiger partial charge in [0.15, 0.2) is 0 Å². The number of amides is 2. The lowest BCUT2D eigenvalue weighted by Crippen LogP contribution is -2.49. The van der Waals surface area contributed by atoms with Crippen LogP contribution in [-0.2, 0) is 9.59 Å². The molecule has 1 aliphatic rings. The number of hydrogen-bond donors (Lipinski definition) is 2. The minimum Gasteiger partial charge on any atom is -0.495 e. The average molecular weight is 358 g/mol. The quantitative estimate of drug-likeness (QED) is 0.860. The van der Waals surface area contributed by atoms with Crippen LogP contribution in [-0.4, -0.2) is 24.5 Å². The summed E-state index contributed by atoms with van der Waals surface area (Å²) in [5.41, 5.74) is -0.574.